The van der Waals surface area contributed by atoms with Crippen LogP contribution in [0.4, 0.5) is 0 Å². The van der Waals surface area contributed by atoms with Crippen LogP contribution in [0.3, 0.4) is 0 Å². The molecule has 0 spiro atoms. The topological polar surface area (TPSA) is 200 Å². The van der Waals surface area contributed by atoms with Gasteiger partial charge in [-0.25, -0.2) is 18.9 Å². The lowest BCUT2D eigenvalue weighted by atomic mass is 10.1. The van der Waals surface area contributed by atoms with Crippen LogP contribution in [0.5, 0.6) is 0 Å². The molecule has 0 radical (unpaired) electrons. The van der Waals surface area contributed by atoms with Crippen molar-refractivity contribution in [1.82, 2.24) is 9.55 Å². The Labute approximate surface area is 234 Å². The van der Waals surface area contributed by atoms with Gasteiger partial charge in [-0.2, -0.15) is 0 Å². The van der Waals surface area contributed by atoms with E-state index in [1.54, 1.807) is 27.7 Å². The summed E-state index contributed by atoms with van der Waals surface area (Å²) >= 11 is 4.98. The number of nitrogens with one attached hydrogen (secondary N) is 1. The van der Waals surface area contributed by atoms with Crippen molar-refractivity contribution < 1.29 is 56.3 Å². The van der Waals surface area contributed by atoms with Crippen molar-refractivity contribution in [1.29, 1.82) is 0 Å². The van der Waals surface area contributed by atoms with Crippen LogP contribution in [0.25, 0.3) is 0 Å². The highest BCUT2D eigenvalue weighted by molar-refractivity contribution is 8.47. The second-order valence-corrected chi connectivity index (χ2v) is 17.1. The molecule has 1 saturated heterocycles. The number of carbonyl (C=O) groups is 2. The van der Waals surface area contributed by atoms with Crippen molar-refractivity contribution in [2.24, 2.45) is 0 Å². The number of aromatic amines is 1. The molecule has 1 aromatic rings. The molecule has 1 fully saturated rings. The summed E-state index contributed by atoms with van der Waals surface area (Å²) in [7, 11) is -2.27. The minimum atomic E-state index is -4.27. The van der Waals surface area contributed by atoms with Crippen molar-refractivity contribution in [2.45, 2.75) is 64.4 Å². The van der Waals surface area contributed by atoms with Gasteiger partial charge in [-0.1, -0.05) is 0 Å². The summed E-state index contributed by atoms with van der Waals surface area (Å²) < 4.78 is 55.9. The fraction of sp³-hybridized carbons (Fsp3) is 0.714. The normalized spacial score (nSPS) is 22.8. The van der Waals surface area contributed by atoms with E-state index in [1.807, 2.05) is 0 Å². The summed E-state index contributed by atoms with van der Waals surface area (Å²) in [6, 6.07) is 1.02. The average molecular weight is 633 g/mol. The molecular weight excluding hydrogens is 598 g/mol. The summed E-state index contributed by atoms with van der Waals surface area (Å²) in [5.41, 5.74) is -1.63. The fourth-order valence-corrected chi connectivity index (χ4v) is 7.61. The van der Waals surface area contributed by atoms with Gasteiger partial charge in [0.25, 0.3) is 5.56 Å². The van der Waals surface area contributed by atoms with Crippen LogP contribution in [-0.4, -0.2) is 90.9 Å². The highest BCUT2D eigenvalue weighted by Crippen LogP contribution is 2.80. The smallest absolute Gasteiger partial charge is 0.410 e. The van der Waals surface area contributed by atoms with Gasteiger partial charge in [-0.3, -0.25) is 14.3 Å². The SMILES string of the molecule is COP(=O)(OC)P(O)(=S)OC[C@H]1O[C@@H](n2ccc(=O)[nH]c2=O)[C@H](OC(=O)COC(C)C)[C@@H]1OC(=O)COC(C)C. The van der Waals surface area contributed by atoms with Gasteiger partial charge in [-0.05, 0) is 39.5 Å². The largest absolute Gasteiger partial charge is 0.454 e. The van der Waals surface area contributed by atoms with Crippen LogP contribution in [0.15, 0.2) is 21.9 Å². The Kier molecular flexibility index (Phi) is 12.8. The van der Waals surface area contributed by atoms with E-state index in [0.717, 1.165) is 31.0 Å². The van der Waals surface area contributed by atoms with E-state index in [9.17, 15) is 28.6 Å². The molecule has 1 aliphatic heterocycles. The molecule has 0 aromatic carbocycles. The lowest BCUT2D eigenvalue weighted by Gasteiger charge is -2.26. The quantitative estimate of drug-likeness (QED) is 0.203. The van der Waals surface area contributed by atoms with Crippen LogP contribution in [0.2, 0.25) is 0 Å². The number of H-pyrrole nitrogens is 1. The zero-order chi connectivity index (χ0) is 30.3. The first-order chi connectivity index (χ1) is 18.6. The monoisotopic (exact) mass is 632 g/mol. The lowest BCUT2D eigenvalue weighted by molar-refractivity contribution is -0.175. The van der Waals surface area contributed by atoms with Crippen molar-refractivity contribution in [3.63, 3.8) is 0 Å². The van der Waals surface area contributed by atoms with Crippen molar-refractivity contribution in [3.8, 4) is 0 Å². The molecule has 0 amide bonds. The molecule has 2 heterocycles. The third kappa shape index (κ3) is 9.11. The van der Waals surface area contributed by atoms with E-state index in [0.29, 0.717) is 0 Å². The first kappa shape index (κ1) is 34.4. The Morgan fingerprint density at radius 2 is 1.57 bits per heavy atom. The fourth-order valence-electron chi connectivity index (χ4n) is 3.32. The van der Waals surface area contributed by atoms with Gasteiger partial charge in [0.1, 0.15) is 19.3 Å². The van der Waals surface area contributed by atoms with E-state index in [1.165, 1.54) is 0 Å². The zero-order valence-corrected chi connectivity index (χ0v) is 25.3. The lowest BCUT2D eigenvalue weighted by Crippen LogP contribution is -2.43. The predicted molar refractivity (Wildman–Crippen MR) is 141 cm³/mol. The summed E-state index contributed by atoms with van der Waals surface area (Å²) in [6.07, 6.45) is -9.60. The average Bonchev–Trinajstić information content (AvgIpc) is 3.20. The second kappa shape index (κ2) is 14.9. The number of hydrogen-bond acceptors (Lipinski definition) is 14. The first-order valence-corrected chi connectivity index (χ1v) is 16.8. The molecule has 0 saturated carbocycles. The molecule has 19 heteroatoms. The number of hydrogen-bond donors (Lipinski definition) is 2. The van der Waals surface area contributed by atoms with Gasteiger partial charge in [0.2, 0.25) is 0 Å². The molecular formula is C21H34N2O14P2S. The van der Waals surface area contributed by atoms with Crippen molar-refractivity contribution >= 4 is 37.2 Å². The number of ether oxygens (including phenoxy) is 5. The summed E-state index contributed by atoms with van der Waals surface area (Å²) in [5, 5.41) is 0. The van der Waals surface area contributed by atoms with Crippen molar-refractivity contribution in [2.75, 3.05) is 34.0 Å². The number of esters is 2. The number of rotatable bonds is 15. The minimum absolute atomic E-state index is 0.320. The minimum Gasteiger partial charge on any atom is -0.454 e. The van der Waals surface area contributed by atoms with Crippen molar-refractivity contribution in [3.05, 3.63) is 33.1 Å². The first-order valence-electron chi connectivity index (χ1n) is 11.9. The highest BCUT2D eigenvalue weighted by atomic mass is 32.6. The van der Waals surface area contributed by atoms with Crippen LogP contribution in [0.1, 0.15) is 33.9 Å². The van der Waals surface area contributed by atoms with Crippen LogP contribution in [0, 0.1) is 0 Å². The van der Waals surface area contributed by atoms with Crippen LogP contribution < -0.4 is 11.2 Å². The molecule has 2 N–H and O–H groups in total. The summed E-state index contributed by atoms with van der Waals surface area (Å²) in [5.74, 6) is -1.77. The van der Waals surface area contributed by atoms with Gasteiger partial charge in [0.15, 0.2) is 18.4 Å². The van der Waals surface area contributed by atoms with Gasteiger partial charge in [0, 0.05) is 26.5 Å². The number of carbonyl (C=O) groups excluding carboxylic acids is 2. The Balaban J connectivity index is 2.48. The van der Waals surface area contributed by atoms with Crippen LogP contribution in [-0.2, 0) is 63.2 Å². The molecule has 2 rings (SSSR count). The Hall–Kier alpha value is -1.78. The second-order valence-electron chi connectivity index (χ2n) is 8.83. The molecule has 1 unspecified atom stereocenters. The molecule has 40 heavy (non-hydrogen) atoms. The molecule has 1 aromatic heterocycles. The number of aromatic nitrogens is 2. The molecule has 16 nitrogen and oxygen atoms in total. The zero-order valence-electron chi connectivity index (χ0n) is 22.7. The third-order valence-corrected chi connectivity index (χ3v) is 12.5. The molecule has 0 bridgehead atoms. The molecule has 0 aliphatic carbocycles. The summed E-state index contributed by atoms with van der Waals surface area (Å²) in [4.78, 5) is 62.1. The Bertz CT molecular complexity index is 1230. The molecule has 228 valence electrons. The predicted octanol–water partition coefficient (Wildman–Crippen LogP) is 0.827. The van der Waals surface area contributed by atoms with E-state index in [-0.39, 0.29) is 12.2 Å². The maximum absolute atomic E-state index is 12.7. The van der Waals surface area contributed by atoms with Gasteiger partial charge >= 0.3 is 31.1 Å². The maximum Gasteiger partial charge on any atom is 0.410 e. The van der Waals surface area contributed by atoms with Gasteiger partial charge < -0.3 is 42.1 Å². The summed E-state index contributed by atoms with van der Waals surface area (Å²) in [6.45, 7) is 5.14. The van der Waals surface area contributed by atoms with Gasteiger partial charge in [-0.15, -0.1) is 0 Å². The third-order valence-electron chi connectivity index (χ3n) is 5.19. The molecule has 5 atom stereocenters. The highest BCUT2D eigenvalue weighted by Gasteiger charge is 2.52. The van der Waals surface area contributed by atoms with E-state index < -0.39 is 81.0 Å². The Morgan fingerprint density at radius 3 is 2.05 bits per heavy atom. The van der Waals surface area contributed by atoms with E-state index in [4.69, 9.17) is 49.1 Å². The Morgan fingerprint density at radius 1 is 1.05 bits per heavy atom. The van der Waals surface area contributed by atoms with E-state index in [2.05, 4.69) is 4.98 Å². The van der Waals surface area contributed by atoms with Crippen LogP contribution >= 0.6 is 13.5 Å². The number of nitrogens with zero attached hydrogens (tertiary/aromatic N) is 1. The van der Waals surface area contributed by atoms with Gasteiger partial charge in [0.05, 0.1) is 18.8 Å². The molecule has 1 aliphatic rings. The van der Waals surface area contributed by atoms with E-state index >= 15 is 0 Å². The maximum atomic E-state index is 12.7. The standard InChI is InChI=1S/C21H34N2O14P2S/c1-12(2)32-10-16(25)36-18-14(9-34-39(29,40)38(28,30-5)31-6)35-20(23-8-7-15(24)22-21(23)27)19(18)37-17(26)11-33-13(3)4/h7-8,12-14,18-20H,9-11H2,1-6H3,(H,29,40)(H,22,24,27)/t14-,18-,19-,20-,39?/m1/s1.